The summed E-state index contributed by atoms with van der Waals surface area (Å²) in [7, 11) is 0. The number of alkyl halides is 2. The highest BCUT2D eigenvalue weighted by Gasteiger charge is 2.72. The van der Waals surface area contributed by atoms with E-state index in [1.807, 2.05) is 55.5 Å². The molecule has 4 nitrogen and oxygen atoms in total. The largest absolute Gasteiger partial charge is 0.457 e. The number of carbonyl (C=O) groups is 2. The quantitative estimate of drug-likeness (QED) is 0.181. The van der Waals surface area contributed by atoms with Crippen molar-refractivity contribution in [3.63, 3.8) is 0 Å². The third-order valence-corrected chi connectivity index (χ3v) is 10.6. The van der Waals surface area contributed by atoms with E-state index in [2.05, 4.69) is 56.1 Å². The van der Waals surface area contributed by atoms with Crippen molar-refractivity contribution >= 4 is 49.4 Å². The van der Waals surface area contributed by atoms with Gasteiger partial charge in [-0.05, 0) is 65.6 Å². The number of imide groups is 1. The normalized spacial score (nSPS) is 27.1. The van der Waals surface area contributed by atoms with Gasteiger partial charge in [-0.15, -0.1) is 0 Å². The summed E-state index contributed by atoms with van der Waals surface area (Å²) in [5.41, 5.74) is 5.80. The van der Waals surface area contributed by atoms with Crippen LogP contribution >= 0.6 is 31.9 Å². The van der Waals surface area contributed by atoms with Crippen molar-refractivity contribution in [3.8, 4) is 11.5 Å². The maximum absolute atomic E-state index is 14.1. The summed E-state index contributed by atoms with van der Waals surface area (Å²) >= 11 is 8.09. The monoisotopic (exact) mass is 613 g/mol. The maximum atomic E-state index is 14.1. The second-order valence-electron chi connectivity index (χ2n) is 9.89. The number of hydrogen-bond acceptors (Lipinski definition) is 3. The van der Waals surface area contributed by atoms with E-state index < -0.39 is 20.5 Å². The number of halogens is 2. The highest BCUT2D eigenvalue weighted by molar-refractivity contribution is 9.10. The van der Waals surface area contributed by atoms with Gasteiger partial charge in [0.2, 0.25) is 11.8 Å². The van der Waals surface area contributed by atoms with Gasteiger partial charge in [-0.3, -0.25) is 9.59 Å². The van der Waals surface area contributed by atoms with Gasteiger partial charge < -0.3 is 4.74 Å². The molecule has 1 heterocycles. The standard InChI is InChI=1S/C31H21Br2NO3/c1-18-10-14-20(15-11-18)37-21-16-12-19(13-17-21)34-28(35)26-27(29(34)36)31(33)23-7-3-2-6-22(23)30(26,32)24-8-4-5-9-25(24)31/h2-17,26-27H,1H3. The Morgan fingerprint density at radius 1 is 0.622 bits per heavy atom. The summed E-state index contributed by atoms with van der Waals surface area (Å²) in [5, 5.41) is 0. The van der Waals surface area contributed by atoms with Crippen molar-refractivity contribution in [3.05, 3.63) is 125 Å². The van der Waals surface area contributed by atoms with Crippen molar-refractivity contribution in [2.45, 2.75) is 15.6 Å². The number of benzene rings is 4. The van der Waals surface area contributed by atoms with Gasteiger partial charge in [-0.25, -0.2) is 4.90 Å². The molecule has 8 rings (SSSR count). The summed E-state index contributed by atoms with van der Waals surface area (Å²) in [6.07, 6.45) is 0. The number of carbonyl (C=O) groups excluding carboxylic acids is 2. The molecule has 3 aliphatic carbocycles. The van der Waals surface area contributed by atoms with Crippen molar-refractivity contribution in [2.75, 3.05) is 4.90 Å². The van der Waals surface area contributed by atoms with E-state index in [4.69, 9.17) is 4.74 Å². The summed E-state index contributed by atoms with van der Waals surface area (Å²) in [6.45, 7) is 2.03. The average molecular weight is 615 g/mol. The molecule has 1 aliphatic heterocycles. The van der Waals surface area contributed by atoms with Crippen LogP contribution in [0.1, 0.15) is 27.8 Å². The minimum atomic E-state index is -0.795. The van der Waals surface area contributed by atoms with Crippen LogP contribution in [0.2, 0.25) is 0 Å². The molecule has 2 bridgehead atoms. The van der Waals surface area contributed by atoms with Crippen molar-refractivity contribution in [1.82, 2.24) is 0 Å². The van der Waals surface area contributed by atoms with Crippen LogP contribution in [0, 0.1) is 18.8 Å². The molecule has 0 aromatic heterocycles. The third-order valence-electron chi connectivity index (χ3n) is 7.94. The fraction of sp³-hybridized carbons (Fsp3) is 0.161. The molecule has 1 saturated heterocycles. The summed E-state index contributed by atoms with van der Waals surface area (Å²) < 4.78 is 4.37. The molecule has 0 radical (unpaired) electrons. The Bertz CT molecular complexity index is 1470. The molecular formula is C31H21Br2NO3. The Kier molecular flexibility index (Phi) is 4.89. The predicted molar refractivity (Wildman–Crippen MR) is 149 cm³/mol. The Balaban J connectivity index is 1.31. The van der Waals surface area contributed by atoms with E-state index in [9.17, 15) is 9.59 Å². The van der Waals surface area contributed by atoms with Crippen molar-refractivity contribution in [2.24, 2.45) is 11.8 Å². The van der Waals surface area contributed by atoms with Crippen LogP contribution in [0.15, 0.2) is 97.1 Å². The Morgan fingerprint density at radius 3 is 1.41 bits per heavy atom. The number of ether oxygens (including phenoxy) is 1. The summed E-state index contributed by atoms with van der Waals surface area (Å²) in [5.74, 6) is -0.218. The minimum Gasteiger partial charge on any atom is -0.457 e. The van der Waals surface area contributed by atoms with E-state index in [0.717, 1.165) is 33.6 Å². The predicted octanol–water partition coefficient (Wildman–Crippen LogP) is 7.20. The van der Waals surface area contributed by atoms with Crippen LogP contribution in [0.25, 0.3) is 0 Å². The van der Waals surface area contributed by atoms with Crippen LogP contribution in [0.3, 0.4) is 0 Å². The second kappa shape index (κ2) is 7.89. The molecule has 6 heteroatoms. The van der Waals surface area contributed by atoms with E-state index >= 15 is 0 Å². The zero-order chi connectivity index (χ0) is 25.5. The Hall–Kier alpha value is -3.22. The number of hydrogen-bond donors (Lipinski definition) is 0. The second-order valence-corrected chi connectivity index (χ2v) is 12.4. The van der Waals surface area contributed by atoms with Gasteiger partial charge in [-0.1, -0.05) is 98.1 Å². The highest BCUT2D eigenvalue weighted by Crippen LogP contribution is 2.70. The molecule has 37 heavy (non-hydrogen) atoms. The van der Waals surface area contributed by atoms with Crippen molar-refractivity contribution in [1.29, 1.82) is 0 Å². The average Bonchev–Trinajstić information content (AvgIpc) is 3.20. The third kappa shape index (κ3) is 2.94. The lowest BCUT2D eigenvalue weighted by molar-refractivity contribution is -0.122. The number of nitrogens with zero attached hydrogens (tertiary/aromatic N) is 1. The first kappa shape index (κ1) is 22.9. The molecule has 0 saturated carbocycles. The van der Waals surface area contributed by atoms with Gasteiger partial charge in [0, 0.05) is 0 Å². The molecular weight excluding hydrogens is 594 g/mol. The fourth-order valence-electron chi connectivity index (χ4n) is 6.33. The lowest BCUT2D eigenvalue weighted by Gasteiger charge is -2.55. The van der Waals surface area contributed by atoms with Crippen LogP contribution in [0.4, 0.5) is 5.69 Å². The molecule has 182 valence electrons. The summed E-state index contributed by atoms with van der Waals surface area (Å²) in [4.78, 5) is 29.6. The molecule has 2 amide bonds. The van der Waals surface area contributed by atoms with Gasteiger partial charge in [-0.2, -0.15) is 0 Å². The Morgan fingerprint density at radius 2 is 1.00 bits per heavy atom. The lowest BCUT2D eigenvalue weighted by atomic mass is 9.54. The van der Waals surface area contributed by atoms with E-state index in [1.165, 1.54) is 4.90 Å². The van der Waals surface area contributed by atoms with E-state index in [-0.39, 0.29) is 11.8 Å². The number of rotatable bonds is 3. The zero-order valence-corrected chi connectivity index (χ0v) is 23.0. The number of amides is 2. The topological polar surface area (TPSA) is 46.6 Å². The molecule has 1 fully saturated rings. The van der Waals surface area contributed by atoms with E-state index in [0.29, 0.717) is 11.4 Å². The zero-order valence-electron chi connectivity index (χ0n) is 19.8. The first-order valence-electron chi connectivity index (χ1n) is 12.2. The molecule has 2 atom stereocenters. The molecule has 4 aliphatic rings. The highest BCUT2D eigenvalue weighted by atomic mass is 79.9. The van der Waals surface area contributed by atoms with Gasteiger partial charge in [0.05, 0.1) is 26.2 Å². The first-order valence-corrected chi connectivity index (χ1v) is 13.7. The van der Waals surface area contributed by atoms with Gasteiger partial charge in [0.15, 0.2) is 0 Å². The lowest BCUT2D eigenvalue weighted by Crippen LogP contribution is -2.56. The van der Waals surface area contributed by atoms with Crippen LogP contribution in [-0.4, -0.2) is 11.8 Å². The molecule has 4 aromatic carbocycles. The molecule has 4 aromatic rings. The fourth-order valence-corrected chi connectivity index (χ4v) is 8.63. The van der Waals surface area contributed by atoms with Gasteiger partial charge in [0.25, 0.3) is 0 Å². The molecule has 0 N–H and O–H groups in total. The Labute approximate surface area is 231 Å². The number of anilines is 1. The van der Waals surface area contributed by atoms with Crippen LogP contribution in [0.5, 0.6) is 11.5 Å². The molecule has 2 unspecified atom stereocenters. The summed E-state index contributed by atoms with van der Waals surface area (Å²) in [6, 6.07) is 31.1. The van der Waals surface area contributed by atoms with Crippen molar-refractivity contribution < 1.29 is 14.3 Å². The molecule has 0 spiro atoms. The van der Waals surface area contributed by atoms with Gasteiger partial charge in [0.1, 0.15) is 11.5 Å². The van der Waals surface area contributed by atoms with Crippen LogP contribution < -0.4 is 9.64 Å². The number of aryl methyl sites for hydroxylation is 1. The minimum absolute atomic E-state index is 0.202. The van der Waals surface area contributed by atoms with E-state index in [1.54, 1.807) is 24.3 Å². The van der Waals surface area contributed by atoms with Gasteiger partial charge >= 0.3 is 0 Å². The van der Waals surface area contributed by atoms with Crippen LogP contribution in [-0.2, 0) is 18.2 Å². The first-order chi connectivity index (χ1) is 17.8. The maximum Gasteiger partial charge on any atom is 0.239 e. The SMILES string of the molecule is Cc1ccc(Oc2ccc(N3C(=O)C4C(C3=O)C3(Br)c5ccccc5C4(Br)c4ccccc43)cc2)cc1. The smallest absolute Gasteiger partial charge is 0.239 e.